The van der Waals surface area contributed by atoms with Crippen LogP contribution in [0.15, 0.2) is 47.8 Å². The quantitative estimate of drug-likeness (QED) is 0.572. The number of carbonyl (C=O) groups is 2. The highest BCUT2D eigenvalue weighted by atomic mass is 32.1. The third kappa shape index (κ3) is 5.06. The van der Waals surface area contributed by atoms with E-state index in [0.29, 0.717) is 34.5 Å². The molecule has 156 valence electrons. The molecule has 2 aromatic carbocycles. The van der Waals surface area contributed by atoms with Gasteiger partial charge in [0, 0.05) is 29.1 Å². The Bertz CT molecular complexity index is 1030. The number of hydrogen-bond donors (Lipinski definition) is 2. The molecule has 0 aliphatic carbocycles. The molecule has 0 atom stereocenters. The van der Waals surface area contributed by atoms with E-state index >= 15 is 0 Å². The summed E-state index contributed by atoms with van der Waals surface area (Å²) in [6, 6.07) is 12.3. The molecule has 3 rings (SSSR count). The van der Waals surface area contributed by atoms with Crippen molar-refractivity contribution in [3.05, 3.63) is 64.7 Å². The molecular formula is C21H21N3O5S. The zero-order valence-corrected chi connectivity index (χ0v) is 17.5. The first-order valence-electron chi connectivity index (χ1n) is 8.94. The van der Waals surface area contributed by atoms with Crippen LogP contribution in [-0.4, -0.2) is 38.1 Å². The predicted molar refractivity (Wildman–Crippen MR) is 114 cm³/mol. The SMILES string of the molecule is COc1cc(OC)cc(C(=O)Nc2nc(C(=O)NCc3ccccc3OC)cs2)c1. The van der Waals surface area contributed by atoms with E-state index in [2.05, 4.69) is 15.6 Å². The lowest BCUT2D eigenvalue weighted by atomic mass is 10.2. The van der Waals surface area contributed by atoms with Gasteiger partial charge >= 0.3 is 0 Å². The van der Waals surface area contributed by atoms with Gasteiger partial charge in [-0.2, -0.15) is 0 Å². The molecule has 0 radical (unpaired) electrons. The number of aromatic nitrogens is 1. The van der Waals surface area contributed by atoms with Gasteiger partial charge in [-0.1, -0.05) is 18.2 Å². The summed E-state index contributed by atoms with van der Waals surface area (Å²) >= 11 is 1.16. The number of amides is 2. The Morgan fingerprint density at radius 1 is 0.967 bits per heavy atom. The van der Waals surface area contributed by atoms with Crippen LogP contribution in [0.1, 0.15) is 26.4 Å². The molecule has 1 aromatic heterocycles. The smallest absolute Gasteiger partial charge is 0.271 e. The standard InChI is InChI=1S/C21H21N3O5S/c1-27-15-8-14(9-16(10-15)28-2)19(25)24-21-23-17(12-30-21)20(26)22-11-13-6-4-5-7-18(13)29-3/h4-10,12H,11H2,1-3H3,(H,22,26)(H,23,24,25). The van der Waals surface area contributed by atoms with E-state index in [-0.39, 0.29) is 17.5 Å². The Balaban J connectivity index is 1.64. The Morgan fingerprint density at radius 3 is 2.33 bits per heavy atom. The molecule has 8 nitrogen and oxygen atoms in total. The van der Waals surface area contributed by atoms with E-state index in [1.165, 1.54) is 14.2 Å². The summed E-state index contributed by atoms with van der Waals surface area (Å²) in [6.45, 7) is 0.297. The highest BCUT2D eigenvalue weighted by Crippen LogP contribution is 2.24. The fourth-order valence-electron chi connectivity index (χ4n) is 2.66. The molecule has 1 heterocycles. The minimum atomic E-state index is -0.387. The molecular weight excluding hydrogens is 406 g/mol. The molecule has 0 fully saturated rings. The van der Waals surface area contributed by atoms with Gasteiger partial charge in [-0.3, -0.25) is 14.9 Å². The summed E-state index contributed by atoms with van der Waals surface area (Å²) in [4.78, 5) is 29.1. The van der Waals surface area contributed by atoms with Crippen molar-refractivity contribution in [3.63, 3.8) is 0 Å². The van der Waals surface area contributed by atoms with Gasteiger partial charge in [0.05, 0.1) is 21.3 Å². The van der Waals surface area contributed by atoms with Crippen molar-refractivity contribution in [2.45, 2.75) is 6.54 Å². The summed E-state index contributed by atoms with van der Waals surface area (Å²) in [7, 11) is 4.59. The number of benzene rings is 2. The summed E-state index contributed by atoms with van der Waals surface area (Å²) in [5, 5.41) is 7.38. The highest BCUT2D eigenvalue weighted by Gasteiger charge is 2.15. The maximum absolute atomic E-state index is 12.5. The fourth-order valence-corrected chi connectivity index (χ4v) is 3.34. The van der Waals surface area contributed by atoms with E-state index in [0.717, 1.165) is 16.9 Å². The second kappa shape index (κ2) is 9.75. The summed E-state index contributed by atoms with van der Waals surface area (Å²) in [5.74, 6) is 0.950. The van der Waals surface area contributed by atoms with Crippen LogP contribution in [-0.2, 0) is 6.54 Å². The van der Waals surface area contributed by atoms with Gasteiger partial charge in [0.2, 0.25) is 0 Å². The number of carbonyl (C=O) groups excluding carboxylic acids is 2. The largest absolute Gasteiger partial charge is 0.497 e. The molecule has 2 amide bonds. The minimum absolute atomic E-state index is 0.216. The van der Waals surface area contributed by atoms with Crippen molar-refractivity contribution >= 4 is 28.3 Å². The summed E-state index contributed by atoms with van der Waals surface area (Å²) in [5.41, 5.74) is 1.42. The van der Waals surface area contributed by atoms with Gasteiger partial charge in [0.1, 0.15) is 22.9 Å². The zero-order chi connectivity index (χ0) is 21.5. The Kier molecular flexibility index (Phi) is 6.87. The molecule has 30 heavy (non-hydrogen) atoms. The fraction of sp³-hybridized carbons (Fsp3) is 0.190. The van der Waals surface area contributed by atoms with Gasteiger partial charge in [0.15, 0.2) is 5.13 Å². The van der Waals surface area contributed by atoms with Gasteiger partial charge in [-0.15, -0.1) is 11.3 Å². The van der Waals surface area contributed by atoms with Crippen molar-refractivity contribution in [3.8, 4) is 17.2 Å². The van der Waals surface area contributed by atoms with Crippen molar-refractivity contribution < 1.29 is 23.8 Å². The van der Waals surface area contributed by atoms with Crippen LogP contribution in [0.25, 0.3) is 0 Å². The molecule has 9 heteroatoms. The number of methoxy groups -OCH3 is 3. The number of ether oxygens (including phenoxy) is 3. The molecule has 0 aliphatic rings. The molecule has 0 saturated heterocycles. The van der Waals surface area contributed by atoms with Crippen molar-refractivity contribution in [2.24, 2.45) is 0 Å². The number of nitrogens with zero attached hydrogens (tertiary/aromatic N) is 1. The van der Waals surface area contributed by atoms with Crippen LogP contribution in [0.5, 0.6) is 17.2 Å². The van der Waals surface area contributed by atoms with Gasteiger partial charge in [-0.25, -0.2) is 4.98 Å². The number of para-hydroxylation sites is 1. The van der Waals surface area contributed by atoms with E-state index in [4.69, 9.17) is 14.2 Å². The molecule has 0 unspecified atom stereocenters. The number of anilines is 1. The van der Waals surface area contributed by atoms with E-state index in [9.17, 15) is 9.59 Å². The van der Waals surface area contributed by atoms with Crippen LogP contribution in [0.2, 0.25) is 0 Å². The molecule has 0 aliphatic heterocycles. The third-order valence-corrected chi connectivity index (χ3v) is 4.96. The lowest BCUT2D eigenvalue weighted by molar-refractivity contribution is 0.0945. The highest BCUT2D eigenvalue weighted by molar-refractivity contribution is 7.14. The number of nitrogens with one attached hydrogen (secondary N) is 2. The molecule has 0 bridgehead atoms. The van der Waals surface area contributed by atoms with Crippen LogP contribution >= 0.6 is 11.3 Å². The lowest BCUT2D eigenvalue weighted by Crippen LogP contribution is -2.23. The van der Waals surface area contributed by atoms with Crippen LogP contribution in [0.4, 0.5) is 5.13 Å². The maximum atomic E-state index is 12.5. The molecule has 0 saturated carbocycles. The number of thiazole rings is 1. The zero-order valence-electron chi connectivity index (χ0n) is 16.7. The first-order valence-corrected chi connectivity index (χ1v) is 9.82. The number of hydrogen-bond acceptors (Lipinski definition) is 7. The third-order valence-electron chi connectivity index (χ3n) is 4.20. The Morgan fingerprint density at radius 2 is 1.67 bits per heavy atom. The van der Waals surface area contributed by atoms with Crippen LogP contribution in [0, 0.1) is 0 Å². The summed E-state index contributed by atoms with van der Waals surface area (Å²) < 4.78 is 15.6. The van der Waals surface area contributed by atoms with E-state index in [1.807, 2.05) is 24.3 Å². The molecule has 2 N–H and O–H groups in total. The van der Waals surface area contributed by atoms with Crippen LogP contribution in [0.3, 0.4) is 0 Å². The minimum Gasteiger partial charge on any atom is -0.497 e. The topological polar surface area (TPSA) is 98.8 Å². The first-order chi connectivity index (χ1) is 14.5. The lowest BCUT2D eigenvalue weighted by Gasteiger charge is -2.08. The monoisotopic (exact) mass is 427 g/mol. The average molecular weight is 427 g/mol. The van der Waals surface area contributed by atoms with E-state index in [1.54, 1.807) is 30.7 Å². The Hall–Kier alpha value is -3.59. The second-order valence-corrected chi connectivity index (χ2v) is 6.95. The first kappa shape index (κ1) is 21.1. The van der Waals surface area contributed by atoms with Crippen molar-refractivity contribution in [1.29, 1.82) is 0 Å². The van der Waals surface area contributed by atoms with Crippen LogP contribution < -0.4 is 24.8 Å². The van der Waals surface area contributed by atoms with Gasteiger partial charge in [0.25, 0.3) is 11.8 Å². The van der Waals surface area contributed by atoms with E-state index < -0.39 is 0 Å². The molecule has 0 spiro atoms. The predicted octanol–water partition coefficient (Wildman–Crippen LogP) is 3.35. The summed E-state index contributed by atoms with van der Waals surface area (Å²) in [6.07, 6.45) is 0. The average Bonchev–Trinajstić information content (AvgIpc) is 3.25. The normalized spacial score (nSPS) is 10.2. The van der Waals surface area contributed by atoms with Gasteiger partial charge in [-0.05, 0) is 18.2 Å². The Labute approximate surface area is 177 Å². The van der Waals surface area contributed by atoms with Crippen molar-refractivity contribution in [2.75, 3.05) is 26.6 Å². The maximum Gasteiger partial charge on any atom is 0.271 e. The van der Waals surface area contributed by atoms with Crippen molar-refractivity contribution in [1.82, 2.24) is 10.3 Å². The molecule has 3 aromatic rings. The number of rotatable bonds is 8. The van der Waals surface area contributed by atoms with Gasteiger partial charge < -0.3 is 19.5 Å². The second-order valence-electron chi connectivity index (χ2n) is 6.09.